The maximum atomic E-state index is 12.6. The molecule has 3 rings (SSSR count). The van der Waals surface area contributed by atoms with E-state index in [0.29, 0.717) is 27.9 Å². The van der Waals surface area contributed by atoms with Gasteiger partial charge in [0.15, 0.2) is 5.82 Å². The minimum atomic E-state index is -0.672. The van der Waals surface area contributed by atoms with Crippen molar-refractivity contribution in [1.82, 2.24) is 5.16 Å². The second-order valence-electron chi connectivity index (χ2n) is 6.47. The summed E-state index contributed by atoms with van der Waals surface area (Å²) in [5.41, 5.74) is 0.914. The van der Waals surface area contributed by atoms with Crippen LogP contribution in [0.25, 0.3) is 0 Å². The first kappa shape index (κ1) is 21.8. The van der Waals surface area contributed by atoms with Gasteiger partial charge in [0.05, 0.1) is 24.0 Å². The fourth-order valence-electron chi connectivity index (χ4n) is 3.11. The van der Waals surface area contributed by atoms with Gasteiger partial charge in [0.2, 0.25) is 5.91 Å². The Bertz CT molecular complexity index is 1030. The highest BCUT2D eigenvalue weighted by Crippen LogP contribution is 2.43. The highest BCUT2D eigenvalue weighted by Gasteiger charge is 2.41. The number of amides is 1. The number of carbonyl (C=O) groups excluding carboxylic acids is 2. The van der Waals surface area contributed by atoms with E-state index in [1.54, 1.807) is 26.8 Å². The topological polar surface area (TPSA) is 118 Å². The number of nitrogens with one attached hydrogen (secondary N) is 1. The molecule has 1 N–H and O–H groups in total. The Morgan fingerprint density at radius 2 is 2.23 bits per heavy atom. The quantitative estimate of drug-likeness (QED) is 0.644. The van der Waals surface area contributed by atoms with Gasteiger partial charge in [0.25, 0.3) is 0 Å². The number of aromatic nitrogens is 1. The Kier molecular flexibility index (Phi) is 7.07. The predicted octanol–water partition coefficient (Wildman–Crippen LogP) is 3.89. The molecule has 0 saturated carbocycles. The first-order valence-corrected chi connectivity index (χ1v) is 11.1. The van der Waals surface area contributed by atoms with Crippen molar-refractivity contribution in [2.24, 2.45) is 10.9 Å². The molecule has 0 fully saturated rings. The van der Waals surface area contributed by atoms with E-state index < -0.39 is 17.8 Å². The third-order valence-corrected chi connectivity index (χ3v) is 6.30. The molecule has 156 valence electrons. The van der Waals surface area contributed by atoms with Gasteiger partial charge in [-0.1, -0.05) is 23.0 Å². The van der Waals surface area contributed by atoms with E-state index in [9.17, 15) is 14.9 Å². The van der Waals surface area contributed by atoms with Crippen molar-refractivity contribution < 1.29 is 18.8 Å². The van der Waals surface area contributed by atoms with E-state index in [2.05, 4.69) is 21.5 Å². The van der Waals surface area contributed by atoms with Gasteiger partial charge < -0.3 is 14.6 Å². The fraction of sp³-hybridized carbons (Fsp3) is 0.350. The molecule has 0 radical (unpaired) electrons. The zero-order valence-corrected chi connectivity index (χ0v) is 18.3. The van der Waals surface area contributed by atoms with Crippen molar-refractivity contribution in [3.63, 3.8) is 0 Å². The summed E-state index contributed by atoms with van der Waals surface area (Å²) in [4.78, 5) is 30.3. The lowest BCUT2D eigenvalue weighted by Crippen LogP contribution is -2.33. The fourth-order valence-corrected chi connectivity index (χ4v) is 4.86. The summed E-state index contributed by atoms with van der Waals surface area (Å²) < 4.78 is 10.2. The molecule has 0 spiro atoms. The van der Waals surface area contributed by atoms with Gasteiger partial charge in [-0.05, 0) is 32.2 Å². The van der Waals surface area contributed by atoms with E-state index in [4.69, 9.17) is 9.26 Å². The SMILES string of the molecule is CCOC(=O)C1C(C)=NC(SCC(=O)Nc2cc(C)on2)=C(C#N)[C@@H]1c1cccs1. The molecule has 0 aliphatic carbocycles. The van der Waals surface area contributed by atoms with Gasteiger partial charge >= 0.3 is 5.97 Å². The molecule has 8 nitrogen and oxygen atoms in total. The van der Waals surface area contributed by atoms with Gasteiger partial charge in [0, 0.05) is 22.6 Å². The second kappa shape index (κ2) is 9.73. The Morgan fingerprint density at radius 1 is 1.43 bits per heavy atom. The number of allylic oxidation sites excluding steroid dienone is 1. The van der Waals surface area contributed by atoms with Gasteiger partial charge in [-0.2, -0.15) is 5.26 Å². The third kappa shape index (κ3) is 4.80. The van der Waals surface area contributed by atoms with Crippen molar-refractivity contribution in [1.29, 1.82) is 5.26 Å². The number of anilines is 1. The first-order chi connectivity index (χ1) is 14.4. The normalized spacial score (nSPS) is 18.5. The number of nitriles is 1. The number of hydrogen-bond acceptors (Lipinski definition) is 9. The van der Waals surface area contributed by atoms with Crippen LogP contribution >= 0.6 is 23.1 Å². The molecule has 0 aromatic carbocycles. The lowest BCUT2D eigenvalue weighted by molar-refractivity contribution is -0.146. The average Bonchev–Trinajstić information content (AvgIpc) is 3.37. The molecule has 0 saturated heterocycles. The standard InChI is InChI=1S/C20H20N4O4S2/c1-4-27-20(26)17-12(3)22-19(13(9-21)18(17)14-6-5-7-29-14)30-10-16(25)23-15-8-11(2)28-24-15/h5-8,17-18H,4,10H2,1-3H3,(H,23,24,25)/t17?,18-/m1/s1. The number of rotatable bonds is 7. The van der Waals surface area contributed by atoms with E-state index in [1.165, 1.54) is 11.3 Å². The number of nitrogens with zero attached hydrogens (tertiary/aromatic N) is 3. The van der Waals surface area contributed by atoms with Gasteiger partial charge in [-0.3, -0.25) is 9.59 Å². The molecule has 2 atom stereocenters. The molecule has 1 amide bonds. The van der Waals surface area contributed by atoms with Gasteiger partial charge in [0.1, 0.15) is 16.7 Å². The zero-order chi connectivity index (χ0) is 21.7. The van der Waals surface area contributed by atoms with Crippen LogP contribution in [-0.4, -0.2) is 35.1 Å². The summed E-state index contributed by atoms with van der Waals surface area (Å²) in [5.74, 6) is -0.924. The Hall–Kier alpha value is -2.90. The van der Waals surface area contributed by atoms with Crippen LogP contribution < -0.4 is 5.32 Å². The minimum absolute atomic E-state index is 0.0322. The van der Waals surface area contributed by atoms with Gasteiger partial charge in [-0.15, -0.1) is 11.3 Å². The monoisotopic (exact) mass is 444 g/mol. The molecule has 10 heteroatoms. The number of hydrogen-bond donors (Lipinski definition) is 1. The van der Waals surface area contributed by atoms with Crippen LogP contribution in [0.2, 0.25) is 0 Å². The van der Waals surface area contributed by atoms with Crippen LogP contribution in [0.3, 0.4) is 0 Å². The van der Waals surface area contributed by atoms with Crippen LogP contribution in [0.5, 0.6) is 0 Å². The smallest absolute Gasteiger partial charge is 0.315 e. The van der Waals surface area contributed by atoms with Crippen LogP contribution in [-0.2, 0) is 14.3 Å². The number of aliphatic imine (C=N–C) groups is 1. The maximum Gasteiger partial charge on any atom is 0.315 e. The molecular weight excluding hydrogens is 424 g/mol. The molecule has 3 heterocycles. The van der Waals surface area contributed by atoms with E-state index >= 15 is 0 Å². The summed E-state index contributed by atoms with van der Waals surface area (Å²) in [6.45, 7) is 5.46. The second-order valence-corrected chi connectivity index (χ2v) is 8.41. The number of carbonyl (C=O) groups is 2. The summed E-state index contributed by atoms with van der Waals surface area (Å²) in [6.07, 6.45) is 0. The highest BCUT2D eigenvalue weighted by molar-refractivity contribution is 8.03. The maximum absolute atomic E-state index is 12.6. The van der Waals surface area contributed by atoms with Crippen molar-refractivity contribution >= 4 is 46.5 Å². The van der Waals surface area contributed by atoms with Gasteiger partial charge in [-0.25, -0.2) is 4.99 Å². The zero-order valence-electron chi connectivity index (χ0n) is 16.7. The van der Waals surface area contributed by atoms with Crippen molar-refractivity contribution in [2.75, 3.05) is 17.7 Å². The summed E-state index contributed by atoms with van der Waals surface area (Å²) in [6, 6.07) is 7.58. The molecule has 2 aromatic heterocycles. The first-order valence-electron chi connectivity index (χ1n) is 9.20. The molecule has 1 unspecified atom stereocenters. The Balaban J connectivity index is 1.85. The molecular formula is C20H20N4O4S2. The molecule has 30 heavy (non-hydrogen) atoms. The van der Waals surface area contributed by atoms with Crippen LogP contribution in [0.15, 0.2) is 43.7 Å². The lowest BCUT2D eigenvalue weighted by Gasteiger charge is -2.29. The molecule has 0 bridgehead atoms. The summed E-state index contributed by atoms with van der Waals surface area (Å²) >= 11 is 2.61. The number of aryl methyl sites for hydroxylation is 1. The number of thioether (sulfide) groups is 1. The third-order valence-electron chi connectivity index (χ3n) is 4.35. The van der Waals surface area contributed by atoms with Crippen LogP contribution in [0.4, 0.5) is 5.82 Å². The van der Waals surface area contributed by atoms with Crippen molar-refractivity contribution in [3.8, 4) is 6.07 Å². The molecule has 1 aliphatic rings. The van der Waals surface area contributed by atoms with Crippen molar-refractivity contribution in [3.05, 3.63) is 44.8 Å². The average molecular weight is 445 g/mol. The Morgan fingerprint density at radius 3 is 2.83 bits per heavy atom. The van der Waals surface area contributed by atoms with E-state index in [1.807, 2.05) is 17.5 Å². The molecule has 1 aliphatic heterocycles. The number of ether oxygens (including phenoxy) is 1. The number of thiophene rings is 1. The lowest BCUT2D eigenvalue weighted by atomic mass is 9.81. The van der Waals surface area contributed by atoms with Crippen molar-refractivity contribution in [2.45, 2.75) is 26.7 Å². The Labute approximate surface area is 182 Å². The van der Waals surface area contributed by atoms with Crippen LogP contribution in [0, 0.1) is 24.2 Å². The van der Waals surface area contributed by atoms with E-state index in [-0.39, 0.29) is 18.3 Å². The minimum Gasteiger partial charge on any atom is -0.465 e. The van der Waals surface area contributed by atoms with E-state index in [0.717, 1.165) is 16.6 Å². The highest BCUT2D eigenvalue weighted by atomic mass is 32.2. The van der Waals surface area contributed by atoms with Crippen LogP contribution in [0.1, 0.15) is 30.4 Å². The molecule has 2 aromatic rings. The predicted molar refractivity (Wildman–Crippen MR) is 115 cm³/mol. The summed E-state index contributed by atoms with van der Waals surface area (Å²) in [7, 11) is 0. The largest absolute Gasteiger partial charge is 0.465 e. The summed E-state index contributed by atoms with van der Waals surface area (Å²) in [5, 5.41) is 18.6. The number of esters is 1.